The summed E-state index contributed by atoms with van der Waals surface area (Å²) < 4.78 is 10.7. The Balaban J connectivity index is 1.70. The molecule has 3 rings (SSSR count). The van der Waals surface area contributed by atoms with Crippen LogP contribution in [0.25, 0.3) is 0 Å². The third-order valence-electron chi connectivity index (χ3n) is 6.05. The number of nitrogens with zero attached hydrogens (tertiary/aromatic N) is 1. The van der Waals surface area contributed by atoms with Crippen LogP contribution in [0.2, 0.25) is 0 Å². The molecule has 1 aromatic carbocycles. The number of hydrogen-bond acceptors (Lipinski definition) is 8. The van der Waals surface area contributed by atoms with E-state index in [1.54, 1.807) is 27.7 Å². The van der Waals surface area contributed by atoms with Gasteiger partial charge in [0.2, 0.25) is 0 Å². The summed E-state index contributed by atoms with van der Waals surface area (Å²) in [6, 6.07) is 8.94. The summed E-state index contributed by atoms with van der Waals surface area (Å²) in [6.45, 7) is 7.52. The maximum atomic E-state index is 13.4. The summed E-state index contributed by atoms with van der Waals surface area (Å²) in [4.78, 5) is 58.0. The molecule has 3 amide bonds. The van der Waals surface area contributed by atoms with E-state index in [4.69, 9.17) is 14.3 Å². The van der Waals surface area contributed by atoms with Crippen molar-refractivity contribution < 1.29 is 33.5 Å². The van der Waals surface area contributed by atoms with Crippen molar-refractivity contribution in [2.75, 3.05) is 32.8 Å². The fraction of sp³-hybridized carbons (Fsp3) is 0.600. The average molecular weight is 505 g/mol. The second-order valence-corrected chi connectivity index (χ2v) is 10.4. The Kier molecular flexibility index (Phi) is 8.70. The summed E-state index contributed by atoms with van der Waals surface area (Å²) in [5.41, 5.74) is 0.455. The van der Waals surface area contributed by atoms with Gasteiger partial charge in [-0.05, 0) is 33.3 Å². The number of rotatable bonds is 8. The van der Waals surface area contributed by atoms with Gasteiger partial charge < -0.3 is 25.0 Å². The molecule has 1 atom stereocenters. The SMILES string of the molecule is CC(C)(C)OC(=O)NC[C@](C)(CNOCc1ccccc1)NC(=O)N1CCOCC12C(=O)CCC2=O. The fourth-order valence-corrected chi connectivity index (χ4v) is 4.15. The number of carbonyl (C=O) groups excluding carboxylic acids is 4. The second-order valence-electron chi connectivity index (χ2n) is 10.4. The van der Waals surface area contributed by atoms with Gasteiger partial charge in [-0.15, -0.1) is 0 Å². The van der Waals surface area contributed by atoms with Crippen LogP contribution in [-0.4, -0.2) is 78.1 Å². The number of morpholine rings is 1. The molecular weight excluding hydrogens is 468 g/mol. The van der Waals surface area contributed by atoms with Crippen molar-refractivity contribution in [3.63, 3.8) is 0 Å². The minimum atomic E-state index is -1.60. The molecule has 1 heterocycles. The molecule has 1 aliphatic heterocycles. The number of carbonyl (C=O) groups is 4. The molecule has 2 aliphatic rings. The van der Waals surface area contributed by atoms with Crippen molar-refractivity contribution in [3.05, 3.63) is 35.9 Å². The third kappa shape index (κ3) is 6.80. The summed E-state index contributed by atoms with van der Waals surface area (Å²) in [5.74, 6) is -0.638. The monoisotopic (exact) mass is 504 g/mol. The van der Waals surface area contributed by atoms with E-state index in [9.17, 15) is 19.2 Å². The van der Waals surface area contributed by atoms with Gasteiger partial charge in [-0.1, -0.05) is 30.3 Å². The lowest BCUT2D eigenvalue weighted by molar-refractivity contribution is -0.146. The minimum absolute atomic E-state index is 0.00537. The maximum Gasteiger partial charge on any atom is 0.407 e. The first-order valence-corrected chi connectivity index (χ1v) is 12.0. The number of urea groups is 1. The highest BCUT2D eigenvalue weighted by molar-refractivity contribution is 6.19. The molecule has 1 saturated carbocycles. The molecule has 1 saturated heterocycles. The number of hydrogen-bond donors (Lipinski definition) is 3. The number of amides is 3. The van der Waals surface area contributed by atoms with Crippen molar-refractivity contribution in [1.82, 2.24) is 21.0 Å². The molecule has 1 aliphatic carbocycles. The molecular formula is C25H36N4O7. The number of nitrogens with one attached hydrogen (secondary N) is 3. The topological polar surface area (TPSA) is 135 Å². The molecule has 2 fully saturated rings. The first-order valence-electron chi connectivity index (χ1n) is 12.0. The van der Waals surface area contributed by atoms with Crippen molar-refractivity contribution >= 4 is 23.7 Å². The van der Waals surface area contributed by atoms with Gasteiger partial charge in [-0.2, -0.15) is 5.48 Å². The molecule has 1 spiro atoms. The summed E-state index contributed by atoms with van der Waals surface area (Å²) in [6.07, 6.45) is -0.478. The van der Waals surface area contributed by atoms with E-state index in [1.165, 1.54) is 4.90 Å². The third-order valence-corrected chi connectivity index (χ3v) is 6.05. The van der Waals surface area contributed by atoms with Gasteiger partial charge in [0.05, 0.1) is 25.4 Å². The Hall–Kier alpha value is -3.02. The number of Topliss-reactive ketones (excluding diaryl/α,β-unsaturated/α-hetero) is 2. The number of hydroxylamine groups is 1. The lowest BCUT2D eigenvalue weighted by Gasteiger charge is -2.43. The van der Waals surface area contributed by atoms with E-state index < -0.39 is 28.8 Å². The standard InChI is InChI=1S/C25H36N4O7/c1-23(2,3)36-22(33)26-15-24(4,16-27-35-14-18-8-6-5-7-9-18)28-21(32)29-12-13-34-17-25(29)19(30)10-11-20(25)31/h5-9,27H,10-17H2,1-4H3,(H,26,33)(H,28,32)/t24-/m1/s1. The van der Waals surface area contributed by atoms with Gasteiger partial charge in [0, 0.05) is 32.5 Å². The molecule has 198 valence electrons. The Morgan fingerprint density at radius 1 is 1.06 bits per heavy atom. The highest BCUT2D eigenvalue weighted by Gasteiger charge is 2.57. The maximum absolute atomic E-state index is 13.4. The van der Waals surface area contributed by atoms with E-state index in [0.29, 0.717) is 6.61 Å². The van der Waals surface area contributed by atoms with Crippen molar-refractivity contribution in [3.8, 4) is 0 Å². The number of ether oxygens (including phenoxy) is 2. The Morgan fingerprint density at radius 3 is 2.36 bits per heavy atom. The van der Waals surface area contributed by atoms with Crippen LogP contribution in [0.1, 0.15) is 46.1 Å². The van der Waals surface area contributed by atoms with E-state index >= 15 is 0 Å². The molecule has 3 N–H and O–H groups in total. The normalized spacial score (nSPS) is 19.2. The van der Waals surface area contributed by atoms with Crippen LogP contribution in [0.15, 0.2) is 30.3 Å². The molecule has 36 heavy (non-hydrogen) atoms. The van der Waals surface area contributed by atoms with Gasteiger partial charge in [-0.3, -0.25) is 14.4 Å². The highest BCUT2D eigenvalue weighted by atomic mass is 16.6. The van der Waals surface area contributed by atoms with E-state index in [1.807, 2.05) is 30.3 Å². The summed E-state index contributed by atoms with van der Waals surface area (Å²) >= 11 is 0. The van der Waals surface area contributed by atoms with Crippen LogP contribution in [-0.2, 0) is 30.5 Å². The van der Waals surface area contributed by atoms with Crippen molar-refractivity contribution in [1.29, 1.82) is 0 Å². The zero-order chi connectivity index (χ0) is 26.4. The van der Waals surface area contributed by atoms with Crippen molar-refractivity contribution in [2.45, 2.75) is 63.8 Å². The zero-order valence-corrected chi connectivity index (χ0v) is 21.3. The number of alkyl carbamates (subject to hydrolysis) is 1. The van der Waals surface area contributed by atoms with Gasteiger partial charge in [-0.25, -0.2) is 9.59 Å². The van der Waals surface area contributed by atoms with Gasteiger partial charge in [0.25, 0.3) is 0 Å². The average Bonchev–Trinajstić information content (AvgIpc) is 3.09. The van der Waals surface area contributed by atoms with Gasteiger partial charge in [0.15, 0.2) is 17.1 Å². The molecule has 0 bridgehead atoms. The van der Waals surface area contributed by atoms with Crippen LogP contribution in [0.5, 0.6) is 0 Å². The smallest absolute Gasteiger partial charge is 0.407 e. The molecule has 0 unspecified atom stereocenters. The Bertz CT molecular complexity index is 947. The van der Waals surface area contributed by atoms with Crippen LogP contribution in [0.4, 0.5) is 9.59 Å². The predicted molar refractivity (Wildman–Crippen MR) is 130 cm³/mol. The van der Waals surface area contributed by atoms with Crippen LogP contribution < -0.4 is 16.1 Å². The van der Waals surface area contributed by atoms with Crippen molar-refractivity contribution in [2.24, 2.45) is 0 Å². The predicted octanol–water partition coefficient (Wildman–Crippen LogP) is 1.70. The van der Waals surface area contributed by atoms with Crippen LogP contribution >= 0.6 is 0 Å². The summed E-state index contributed by atoms with van der Waals surface area (Å²) in [5, 5.41) is 5.56. The fourth-order valence-electron chi connectivity index (χ4n) is 4.15. The first-order chi connectivity index (χ1) is 17.0. The van der Waals surface area contributed by atoms with Crippen LogP contribution in [0.3, 0.4) is 0 Å². The Labute approximate surface area is 211 Å². The molecule has 1 aromatic rings. The first kappa shape index (κ1) is 27.6. The molecule has 0 radical (unpaired) electrons. The zero-order valence-electron chi connectivity index (χ0n) is 21.3. The lowest BCUT2D eigenvalue weighted by Crippen LogP contribution is -2.70. The van der Waals surface area contributed by atoms with Crippen LogP contribution in [0, 0.1) is 0 Å². The molecule has 0 aromatic heterocycles. The van der Waals surface area contributed by atoms with E-state index in [0.717, 1.165) is 5.56 Å². The highest BCUT2D eigenvalue weighted by Crippen LogP contribution is 2.32. The lowest BCUT2D eigenvalue weighted by atomic mass is 9.92. The minimum Gasteiger partial charge on any atom is -0.444 e. The quantitative estimate of drug-likeness (QED) is 0.277. The molecule has 11 nitrogen and oxygen atoms in total. The largest absolute Gasteiger partial charge is 0.444 e. The summed E-state index contributed by atoms with van der Waals surface area (Å²) in [7, 11) is 0. The second kappa shape index (κ2) is 11.4. The van der Waals surface area contributed by atoms with Gasteiger partial charge in [0.1, 0.15) is 5.60 Å². The molecule has 11 heteroatoms. The van der Waals surface area contributed by atoms with E-state index in [-0.39, 0.29) is 57.3 Å². The van der Waals surface area contributed by atoms with E-state index in [2.05, 4.69) is 16.1 Å². The number of benzene rings is 1. The van der Waals surface area contributed by atoms with Gasteiger partial charge >= 0.3 is 12.1 Å². The number of ketones is 2. The Morgan fingerprint density at radius 2 is 1.72 bits per heavy atom.